The van der Waals surface area contributed by atoms with Crippen molar-refractivity contribution in [3.8, 4) is 23.0 Å². The van der Waals surface area contributed by atoms with Crippen molar-refractivity contribution in [2.24, 2.45) is 0 Å². The van der Waals surface area contributed by atoms with Gasteiger partial charge in [0.2, 0.25) is 0 Å². The molecule has 4 heterocycles. The fourth-order valence-electron chi connectivity index (χ4n) is 3.56. The summed E-state index contributed by atoms with van der Waals surface area (Å²) < 4.78 is 94.9. The van der Waals surface area contributed by atoms with Gasteiger partial charge in [-0.1, -0.05) is 0 Å². The highest BCUT2D eigenvalue weighted by Gasteiger charge is 2.27. The summed E-state index contributed by atoms with van der Waals surface area (Å²) in [6.45, 7) is -9.09. The Morgan fingerprint density at radius 2 is 0.966 bits per heavy atom. The molecule has 0 saturated heterocycles. The van der Waals surface area contributed by atoms with Crippen LogP contribution in [0.4, 0.5) is 26.3 Å². The van der Waals surface area contributed by atoms with Crippen LogP contribution in [-0.4, -0.2) is 94.1 Å². The van der Waals surface area contributed by atoms with E-state index in [1.807, 2.05) is 0 Å². The topological polar surface area (TPSA) is 218 Å². The molecule has 58 heavy (non-hydrogen) atoms. The average Bonchev–Trinajstić information content (AvgIpc) is 3.95. The van der Waals surface area contributed by atoms with Crippen LogP contribution in [0, 0.1) is 0 Å². The Morgan fingerprint density at radius 1 is 0.621 bits per heavy atom. The molecule has 4 aromatic rings. The highest BCUT2D eigenvalue weighted by atomic mass is 79.9. The molecule has 0 aromatic carbocycles. The van der Waals surface area contributed by atoms with Crippen LogP contribution in [0.5, 0.6) is 23.0 Å². The summed E-state index contributed by atoms with van der Waals surface area (Å²) in [6.07, 6.45) is 7.05. The van der Waals surface area contributed by atoms with Crippen LogP contribution in [0.2, 0.25) is 0 Å². The maximum absolute atomic E-state index is 12.2. The SMILES string of the molecule is COC(=O)c1ncc(Br)cc1O.COC(=O)c1ncc(Br)cc1OC(F)F.O=C(NC1CC1)c1ncc(Br)cc1OC(F)F.O=C(O)c1ncc(Br)cc1OC(F)F. The summed E-state index contributed by atoms with van der Waals surface area (Å²) in [7, 11) is 2.35. The van der Waals surface area contributed by atoms with E-state index in [1.165, 1.54) is 50.1 Å². The number of nitrogens with zero attached hydrogens (tertiary/aromatic N) is 4. The minimum Gasteiger partial charge on any atom is -0.505 e. The summed E-state index contributed by atoms with van der Waals surface area (Å²) >= 11 is 12.1. The number of aromatic nitrogens is 4. The van der Waals surface area contributed by atoms with Gasteiger partial charge in [0.05, 0.1) is 14.2 Å². The first kappa shape index (κ1) is 49.3. The summed E-state index contributed by atoms with van der Waals surface area (Å²) in [5.74, 6) is -4.63. The predicted molar refractivity (Wildman–Crippen MR) is 199 cm³/mol. The quantitative estimate of drug-likeness (QED) is 0.0956. The van der Waals surface area contributed by atoms with Crippen LogP contribution >= 0.6 is 63.7 Å². The monoisotopic (exact) mass is 1080 g/mol. The molecule has 0 aliphatic heterocycles. The molecule has 0 spiro atoms. The number of esters is 2. The van der Waals surface area contributed by atoms with E-state index >= 15 is 0 Å². The number of carboxylic acids is 1. The van der Waals surface area contributed by atoms with E-state index < -0.39 is 55.1 Å². The molecule has 1 fully saturated rings. The Bertz CT molecular complexity index is 2060. The molecule has 3 N–H and O–H groups in total. The highest BCUT2D eigenvalue weighted by Crippen LogP contribution is 2.27. The van der Waals surface area contributed by atoms with Crippen LogP contribution < -0.4 is 19.5 Å². The van der Waals surface area contributed by atoms with Crippen LogP contribution in [0.1, 0.15) is 54.8 Å². The molecule has 4 aromatic heterocycles. The number of rotatable bonds is 11. The largest absolute Gasteiger partial charge is 0.505 e. The lowest BCUT2D eigenvalue weighted by atomic mass is 10.3. The van der Waals surface area contributed by atoms with E-state index in [4.69, 9.17) is 5.11 Å². The van der Waals surface area contributed by atoms with Crippen molar-refractivity contribution in [2.45, 2.75) is 38.7 Å². The zero-order valence-electron chi connectivity index (χ0n) is 29.0. The Morgan fingerprint density at radius 3 is 1.34 bits per heavy atom. The molecular weight excluding hydrogens is 1060 g/mol. The Labute approximate surface area is 356 Å². The van der Waals surface area contributed by atoms with Gasteiger partial charge in [-0.25, -0.2) is 34.3 Å². The molecular formula is C32H25Br4F6N5O11. The third-order valence-electron chi connectivity index (χ3n) is 6.03. The van der Waals surface area contributed by atoms with E-state index in [0.717, 1.165) is 26.0 Å². The first-order chi connectivity index (χ1) is 27.2. The van der Waals surface area contributed by atoms with Crippen LogP contribution in [-0.2, 0) is 9.47 Å². The number of carboxylic acid groups (broad SMARTS) is 1. The van der Waals surface area contributed by atoms with E-state index in [0.29, 0.717) is 17.9 Å². The molecule has 1 saturated carbocycles. The van der Waals surface area contributed by atoms with E-state index in [9.17, 15) is 50.6 Å². The maximum Gasteiger partial charge on any atom is 0.387 e. The first-order valence-electron chi connectivity index (χ1n) is 15.1. The number of hydrogen-bond acceptors (Lipinski definition) is 14. The van der Waals surface area contributed by atoms with Gasteiger partial charge in [-0.2, -0.15) is 26.3 Å². The Balaban J connectivity index is 0.000000269. The molecule has 26 heteroatoms. The van der Waals surface area contributed by atoms with Gasteiger partial charge in [0.1, 0.15) is 5.75 Å². The van der Waals surface area contributed by atoms with Crippen molar-refractivity contribution in [3.05, 3.63) is 89.7 Å². The summed E-state index contributed by atoms with van der Waals surface area (Å²) in [4.78, 5) is 58.7. The average molecular weight is 1090 g/mol. The predicted octanol–water partition coefficient (Wildman–Crippen LogP) is 8.05. The Hall–Kier alpha value is -4.82. The number of aromatic carboxylic acids is 1. The zero-order valence-corrected chi connectivity index (χ0v) is 35.3. The molecule has 1 aliphatic rings. The van der Waals surface area contributed by atoms with Gasteiger partial charge in [0.25, 0.3) is 5.91 Å². The number of hydrogen-bond donors (Lipinski definition) is 3. The smallest absolute Gasteiger partial charge is 0.387 e. The standard InChI is InChI=1S/C10H9BrF2N2O2.C8H6BrF2NO3.C7H4BrF2NO3.C7H6BrNO3/c11-5-3-7(17-10(12)13)8(14-4-5)9(16)15-6-1-2-6;1-14-7(13)6-5(15-8(10)11)2-4(9)3-12-6;8-3-1-4(14-7(9)10)5(6(12)13)11-2-3;1-12-7(11)6-5(10)2-4(8)3-9-6/h3-4,6,10H,1-2H2,(H,15,16);2-3,8H,1H3;1-2,7H,(H,12,13);2-3,10H,1H3. The number of carbonyl (C=O) groups is 4. The van der Waals surface area contributed by atoms with Gasteiger partial charge >= 0.3 is 37.7 Å². The van der Waals surface area contributed by atoms with E-state index in [2.05, 4.69) is 113 Å². The van der Waals surface area contributed by atoms with Gasteiger partial charge in [-0.05, 0) is 101 Å². The Kier molecular flexibility index (Phi) is 20.6. The maximum atomic E-state index is 12.2. The van der Waals surface area contributed by atoms with E-state index in [-0.39, 0.29) is 40.4 Å². The lowest BCUT2D eigenvalue weighted by Gasteiger charge is -2.10. The van der Waals surface area contributed by atoms with Crippen molar-refractivity contribution < 1.29 is 79.4 Å². The van der Waals surface area contributed by atoms with Gasteiger partial charge in [0, 0.05) is 48.7 Å². The molecule has 1 aliphatic carbocycles. The normalized spacial score (nSPS) is 11.4. The minimum absolute atomic E-state index is 0.0827. The van der Waals surface area contributed by atoms with Gasteiger partial charge < -0.3 is 39.2 Å². The molecule has 0 radical (unpaired) electrons. The summed E-state index contributed by atoms with van der Waals surface area (Å²) in [5.41, 5.74) is -1.05. The van der Waals surface area contributed by atoms with Gasteiger partial charge in [0.15, 0.2) is 40.0 Å². The first-order valence-corrected chi connectivity index (χ1v) is 18.3. The number of halogens is 10. The van der Waals surface area contributed by atoms with Gasteiger partial charge in [-0.3, -0.25) is 4.79 Å². The number of aromatic hydroxyl groups is 1. The van der Waals surface area contributed by atoms with Crippen molar-refractivity contribution in [1.82, 2.24) is 25.3 Å². The van der Waals surface area contributed by atoms with Crippen LogP contribution in [0.15, 0.2) is 66.9 Å². The van der Waals surface area contributed by atoms with Crippen LogP contribution in [0.25, 0.3) is 0 Å². The molecule has 1 amide bonds. The molecule has 0 bridgehead atoms. The van der Waals surface area contributed by atoms with Crippen molar-refractivity contribution in [1.29, 1.82) is 0 Å². The molecule has 314 valence electrons. The van der Waals surface area contributed by atoms with Gasteiger partial charge in [-0.15, -0.1) is 0 Å². The minimum atomic E-state index is -3.08. The summed E-state index contributed by atoms with van der Waals surface area (Å²) in [6, 6.07) is 5.13. The number of alkyl halides is 6. The van der Waals surface area contributed by atoms with Crippen LogP contribution in [0.3, 0.4) is 0 Å². The number of amides is 1. The number of ether oxygens (including phenoxy) is 5. The second kappa shape index (κ2) is 24.2. The summed E-state index contributed by atoms with van der Waals surface area (Å²) in [5, 5.41) is 20.4. The lowest BCUT2D eigenvalue weighted by molar-refractivity contribution is -0.0514. The fourth-order valence-corrected chi connectivity index (χ4v) is 4.81. The second-order valence-electron chi connectivity index (χ2n) is 10.2. The molecule has 0 unspecified atom stereocenters. The lowest BCUT2D eigenvalue weighted by Crippen LogP contribution is -2.27. The highest BCUT2D eigenvalue weighted by molar-refractivity contribution is 9.11. The molecule has 5 rings (SSSR count). The van der Waals surface area contributed by atoms with E-state index in [1.54, 1.807) is 0 Å². The third kappa shape index (κ3) is 17.4. The van der Waals surface area contributed by atoms with Crippen molar-refractivity contribution in [2.75, 3.05) is 14.2 Å². The fraction of sp³-hybridized carbons (Fsp3) is 0.250. The second-order valence-corrected chi connectivity index (χ2v) is 13.9. The number of carbonyl (C=O) groups excluding carboxylic acids is 3. The number of methoxy groups -OCH3 is 2. The third-order valence-corrected chi connectivity index (χ3v) is 7.76. The zero-order chi connectivity index (χ0) is 43.7. The number of nitrogens with one attached hydrogen (secondary N) is 1. The molecule has 16 nitrogen and oxygen atoms in total. The number of pyridine rings is 4. The molecule has 0 atom stereocenters. The van der Waals surface area contributed by atoms with Crippen molar-refractivity contribution >= 4 is 87.5 Å². The van der Waals surface area contributed by atoms with Crippen molar-refractivity contribution in [3.63, 3.8) is 0 Å².